The highest BCUT2D eigenvalue weighted by atomic mass is 19.3. The second-order valence-corrected chi connectivity index (χ2v) is 9.76. The summed E-state index contributed by atoms with van der Waals surface area (Å²) < 4.78 is 74.3. The van der Waals surface area contributed by atoms with Gasteiger partial charge in [0.2, 0.25) is 0 Å². The Morgan fingerprint density at radius 1 is 1.00 bits per heavy atom. The third kappa shape index (κ3) is 3.23. The summed E-state index contributed by atoms with van der Waals surface area (Å²) in [6.45, 7) is 2.19. The molecule has 0 amide bonds. The molecule has 0 heterocycles. The summed E-state index contributed by atoms with van der Waals surface area (Å²) >= 11 is 0. The van der Waals surface area contributed by atoms with Crippen molar-refractivity contribution in [1.82, 2.24) is 0 Å². The van der Waals surface area contributed by atoms with Gasteiger partial charge in [-0.15, -0.1) is 0 Å². The summed E-state index contributed by atoms with van der Waals surface area (Å²) in [6.07, 6.45) is 0.940. The number of hydrogen-bond acceptors (Lipinski definition) is 2. The van der Waals surface area contributed by atoms with Crippen molar-refractivity contribution in [3.05, 3.63) is 64.5 Å². The monoisotopic (exact) mass is 452 g/mol. The van der Waals surface area contributed by atoms with Gasteiger partial charge in [-0.05, 0) is 97.1 Å². The molecule has 5 atom stereocenters. The van der Waals surface area contributed by atoms with Crippen molar-refractivity contribution < 1.29 is 31.8 Å². The first-order valence-electron chi connectivity index (χ1n) is 11.1. The van der Waals surface area contributed by atoms with E-state index in [1.807, 2.05) is 0 Å². The van der Waals surface area contributed by atoms with Crippen LogP contribution in [-0.2, 0) is 12.5 Å². The van der Waals surface area contributed by atoms with E-state index in [2.05, 4.69) is 6.92 Å². The number of alkyl halides is 2. The maximum atomic E-state index is 14.6. The molecule has 2 aromatic rings. The van der Waals surface area contributed by atoms with E-state index in [9.17, 15) is 27.1 Å². The number of aliphatic hydroxyl groups excluding tert-OH is 1. The zero-order valence-electron chi connectivity index (χ0n) is 17.7. The summed E-state index contributed by atoms with van der Waals surface area (Å²) in [7, 11) is 0. The Hall–Kier alpha value is -2.15. The van der Waals surface area contributed by atoms with E-state index >= 15 is 0 Å². The summed E-state index contributed by atoms with van der Waals surface area (Å²) in [5, 5.41) is 10.5. The van der Waals surface area contributed by atoms with Gasteiger partial charge in [0, 0.05) is 0 Å². The van der Waals surface area contributed by atoms with Crippen LogP contribution in [0.5, 0.6) is 5.75 Å². The van der Waals surface area contributed by atoms with Crippen LogP contribution in [0.4, 0.5) is 22.0 Å². The van der Waals surface area contributed by atoms with Crippen LogP contribution in [0, 0.1) is 34.7 Å². The Morgan fingerprint density at radius 2 is 1.78 bits per heavy atom. The van der Waals surface area contributed by atoms with Crippen molar-refractivity contribution in [3.63, 3.8) is 0 Å². The first-order valence-corrected chi connectivity index (χ1v) is 11.1. The van der Waals surface area contributed by atoms with Crippen LogP contribution in [0.2, 0.25) is 0 Å². The largest absolute Gasteiger partial charge is 0.429 e. The molecule has 32 heavy (non-hydrogen) atoms. The molecule has 7 heteroatoms. The summed E-state index contributed by atoms with van der Waals surface area (Å²) in [5.74, 6) is -4.36. The van der Waals surface area contributed by atoms with Crippen LogP contribution in [-0.4, -0.2) is 11.2 Å². The highest BCUT2D eigenvalue weighted by molar-refractivity contribution is 5.41. The number of benzene rings is 2. The highest BCUT2D eigenvalue weighted by Crippen LogP contribution is 2.61. The summed E-state index contributed by atoms with van der Waals surface area (Å²) in [4.78, 5) is 0. The topological polar surface area (TPSA) is 29.5 Å². The SMILES string of the molecule is C[C@]12CC[C@@H]3c4ccc(OC(F)(F)c5ccc(F)c(F)c5F)cc4CC[C@H]3[C@@H]1CC[C@@H]2O. The van der Waals surface area contributed by atoms with Crippen LogP contribution >= 0.6 is 0 Å². The quantitative estimate of drug-likeness (QED) is 0.429. The van der Waals surface area contributed by atoms with Gasteiger partial charge in [0.15, 0.2) is 17.5 Å². The van der Waals surface area contributed by atoms with E-state index in [0.29, 0.717) is 36.3 Å². The predicted octanol–water partition coefficient (Wildman–Crippen LogP) is 6.45. The molecular formula is C25H25F5O2. The number of aliphatic hydroxyl groups is 1. The molecule has 3 aliphatic carbocycles. The van der Waals surface area contributed by atoms with Gasteiger partial charge in [-0.25, -0.2) is 13.2 Å². The van der Waals surface area contributed by atoms with Gasteiger partial charge >= 0.3 is 6.11 Å². The summed E-state index contributed by atoms with van der Waals surface area (Å²) in [5.41, 5.74) is 0.658. The second kappa shape index (κ2) is 7.44. The first kappa shape index (κ1) is 21.7. The number of hydrogen-bond donors (Lipinski definition) is 1. The van der Waals surface area contributed by atoms with Gasteiger partial charge < -0.3 is 9.84 Å². The lowest BCUT2D eigenvalue weighted by Gasteiger charge is -2.50. The Kier molecular flexibility index (Phi) is 5.04. The van der Waals surface area contributed by atoms with E-state index in [4.69, 9.17) is 4.74 Å². The fourth-order valence-corrected chi connectivity index (χ4v) is 6.55. The molecule has 0 spiro atoms. The Balaban J connectivity index is 1.40. The minimum absolute atomic E-state index is 0.0434. The Labute approximate surface area is 183 Å². The van der Waals surface area contributed by atoms with Crippen LogP contribution < -0.4 is 4.74 Å². The molecule has 0 aliphatic heterocycles. The zero-order valence-corrected chi connectivity index (χ0v) is 17.7. The fourth-order valence-electron chi connectivity index (χ4n) is 6.55. The Bertz CT molecular complexity index is 1050. The molecule has 0 unspecified atom stereocenters. The molecule has 2 fully saturated rings. The van der Waals surface area contributed by atoms with Gasteiger partial charge in [-0.1, -0.05) is 13.0 Å². The number of aryl methyl sites for hydroxylation is 1. The molecular weight excluding hydrogens is 427 g/mol. The zero-order chi connectivity index (χ0) is 22.8. The average molecular weight is 452 g/mol. The average Bonchev–Trinajstić information content (AvgIpc) is 3.06. The van der Waals surface area contributed by atoms with Gasteiger partial charge in [-0.3, -0.25) is 0 Å². The summed E-state index contributed by atoms with van der Waals surface area (Å²) in [6, 6.07) is 5.73. The van der Waals surface area contributed by atoms with Crippen molar-refractivity contribution in [2.24, 2.45) is 17.3 Å². The molecule has 2 nitrogen and oxygen atoms in total. The minimum Gasteiger partial charge on any atom is -0.429 e. The van der Waals surface area contributed by atoms with E-state index in [1.165, 1.54) is 6.07 Å². The number of ether oxygens (including phenoxy) is 1. The lowest BCUT2D eigenvalue weighted by molar-refractivity contribution is -0.187. The van der Waals surface area contributed by atoms with Crippen LogP contribution in [0.25, 0.3) is 0 Å². The van der Waals surface area contributed by atoms with Crippen molar-refractivity contribution >= 4 is 0 Å². The number of halogens is 5. The lowest BCUT2D eigenvalue weighted by Crippen LogP contribution is -2.43. The predicted molar refractivity (Wildman–Crippen MR) is 108 cm³/mol. The van der Waals surface area contributed by atoms with Crippen LogP contribution in [0.1, 0.15) is 61.6 Å². The molecule has 0 bridgehead atoms. The van der Waals surface area contributed by atoms with E-state index in [1.54, 1.807) is 12.1 Å². The minimum atomic E-state index is -4.16. The standard InChI is InChI=1S/C25H25F5O2/c1-24-11-10-16-15-5-3-14(12-13(15)2-4-17(16)18(24)7-9-21(24)31)32-25(29,30)19-6-8-20(26)23(28)22(19)27/h3,5-6,8,12,16-18,21,31H,2,4,7,9-11H2,1H3/t16-,17-,18+,21+,24+/m1/s1. The lowest BCUT2D eigenvalue weighted by atomic mass is 9.55. The van der Waals surface area contributed by atoms with Crippen molar-refractivity contribution in [3.8, 4) is 5.75 Å². The maximum Gasteiger partial charge on any atom is 0.429 e. The number of fused-ring (bicyclic) bond motifs is 5. The first-order chi connectivity index (χ1) is 15.1. The van der Waals surface area contributed by atoms with Gasteiger partial charge in [0.1, 0.15) is 11.3 Å². The van der Waals surface area contributed by atoms with E-state index < -0.39 is 29.1 Å². The third-order valence-corrected chi connectivity index (χ3v) is 8.24. The van der Waals surface area contributed by atoms with Crippen molar-refractivity contribution in [2.45, 2.75) is 63.6 Å². The van der Waals surface area contributed by atoms with E-state index in [0.717, 1.165) is 43.2 Å². The normalized spacial score (nSPS) is 31.6. The molecule has 2 aromatic carbocycles. The van der Waals surface area contributed by atoms with Gasteiger partial charge in [-0.2, -0.15) is 8.78 Å². The van der Waals surface area contributed by atoms with Gasteiger partial charge in [0.25, 0.3) is 0 Å². The molecule has 0 radical (unpaired) electrons. The second-order valence-electron chi connectivity index (χ2n) is 9.76. The smallest absolute Gasteiger partial charge is 0.429 e. The number of rotatable bonds is 3. The maximum absolute atomic E-state index is 14.6. The third-order valence-electron chi connectivity index (χ3n) is 8.24. The van der Waals surface area contributed by atoms with Crippen molar-refractivity contribution in [1.29, 1.82) is 0 Å². The molecule has 3 aliphatic rings. The molecule has 0 aromatic heterocycles. The molecule has 2 saturated carbocycles. The van der Waals surface area contributed by atoms with Crippen LogP contribution in [0.15, 0.2) is 30.3 Å². The molecule has 172 valence electrons. The van der Waals surface area contributed by atoms with Crippen LogP contribution in [0.3, 0.4) is 0 Å². The molecule has 0 saturated heterocycles. The highest BCUT2D eigenvalue weighted by Gasteiger charge is 2.54. The van der Waals surface area contributed by atoms with Gasteiger partial charge in [0.05, 0.1) is 6.10 Å². The molecule has 5 rings (SSSR count). The Morgan fingerprint density at radius 3 is 2.56 bits per heavy atom. The van der Waals surface area contributed by atoms with Crippen molar-refractivity contribution in [2.75, 3.05) is 0 Å². The van der Waals surface area contributed by atoms with E-state index in [-0.39, 0.29) is 17.3 Å². The fraction of sp³-hybridized carbons (Fsp3) is 0.520. The molecule has 1 N–H and O–H groups in total.